The molecular formula is C19H23N3O3. The van der Waals surface area contributed by atoms with Crippen molar-refractivity contribution >= 4 is 12.0 Å². The Balaban J connectivity index is 2.22. The first kappa shape index (κ1) is 18.4. The van der Waals surface area contributed by atoms with Crippen LogP contribution in [-0.2, 0) is 25.4 Å². The molecule has 0 saturated carbocycles. The molecule has 2 rings (SSSR count). The van der Waals surface area contributed by atoms with Crippen molar-refractivity contribution in [3.05, 3.63) is 74.6 Å². The van der Waals surface area contributed by atoms with Crippen LogP contribution in [0, 0.1) is 0 Å². The zero-order valence-corrected chi connectivity index (χ0v) is 14.8. The zero-order valence-electron chi connectivity index (χ0n) is 14.8. The van der Waals surface area contributed by atoms with E-state index in [9.17, 15) is 14.4 Å². The Bertz CT molecular complexity index is 879. The Morgan fingerprint density at radius 2 is 1.84 bits per heavy atom. The lowest BCUT2D eigenvalue weighted by Gasteiger charge is -2.20. The molecule has 6 heteroatoms. The number of aromatic nitrogens is 2. The maximum atomic E-state index is 12.5. The zero-order chi connectivity index (χ0) is 18.4. The third-order valence-electron chi connectivity index (χ3n) is 3.90. The van der Waals surface area contributed by atoms with Gasteiger partial charge in [-0.05, 0) is 18.1 Å². The number of nitrogens with zero attached hydrogens (tertiary/aromatic N) is 3. The molecule has 1 amide bonds. The Morgan fingerprint density at radius 1 is 1.16 bits per heavy atom. The van der Waals surface area contributed by atoms with E-state index in [-0.39, 0.29) is 5.91 Å². The van der Waals surface area contributed by atoms with Gasteiger partial charge in [0.2, 0.25) is 5.91 Å². The van der Waals surface area contributed by atoms with Gasteiger partial charge in [-0.3, -0.25) is 14.2 Å². The Labute approximate surface area is 146 Å². The molecule has 0 atom stereocenters. The third kappa shape index (κ3) is 4.56. The molecule has 0 fully saturated rings. The fourth-order valence-electron chi connectivity index (χ4n) is 2.56. The average Bonchev–Trinajstić information content (AvgIpc) is 2.62. The lowest BCUT2D eigenvalue weighted by atomic mass is 10.2. The number of hydrogen-bond donors (Lipinski definition) is 0. The van der Waals surface area contributed by atoms with Crippen molar-refractivity contribution in [3.8, 4) is 0 Å². The molecule has 2 aromatic rings. The van der Waals surface area contributed by atoms with E-state index in [1.807, 2.05) is 37.3 Å². The van der Waals surface area contributed by atoms with E-state index in [1.54, 1.807) is 11.9 Å². The van der Waals surface area contributed by atoms with E-state index in [2.05, 4.69) is 0 Å². The van der Waals surface area contributed by atoms with Crippen LogP contribution >= 0.6 is 0 Å². The smallest absolute Gasteiger partial charge is 0.330 e. The molecule has 132 valence electrons. The van der Waals surface area contributed by atoms with Crippen LogP contribution in [0.25, 0.3) is 6.08 Å². The number of benzene rings is 1. The third-order valence-corrected chi connectivity index (χ3v) is 3.90. The number of aryl methyl sites for hydroxylation is 1. The van der Waals surface area contributed by atoms with E-state index in [4.69, 9.17) is 0 Å². The minimum Gasteiger partial charge on any atom is -0.335 e. The first-order valence-corrected chi connectivity index (χ1v) is 8.21. The van der Waals surface area contributed by atoms with Crippen molar-refractivity contribution in [1.29, 1.82) is 0 Å². The summed E-state index contributed by atoms with van der Waals surface area (Å²) in [5.41, 5.74) is 0.534. The molecule has 0 radical (unpaired) electrons. The van der Waals surface area contributed by atoms with Gasteiger partial charge in [0.15, 0.2) is 0 Å². The fourth-order valence-corrected chi connectivity index (χ4v) is 2.56. The van der Waals surface area contributed by atoms with Gasteiger partial charge in [-0.25, -0.2) is 4.79 Å². The number of carbonyl (C=O) groups excluding carboxylic acids is 1. The summed E-state index contributed by atoms with van der Waals surface area (Å²) in [5.74, 6) is -0.165. The molecule has 0 unspecified atom stereocenters. The molecule has 1 aromatic heterocycles. The monoisotopic (exact) mass is 341 g/mol. The van der Waals surface area contributed by atoms with E-state index in [1.165, 1.54) is 30.0 Å². The van der Waals surface area contributed by atoms with Gasteiger partial charge in [0, 0.05) is 39.5 Å². The highest BCUT2D eigenvalue weighted by Gasteiger charge is 2.11. The van der Waals surface area contributed by atoms with Gasteiger partial charge in [-0.15, -0.1) is 0 Å². The maximum absolute atomic E-state index is 12.5. The quantitative estimate of drug-likeness (QED) is 0.749. The molecule has 1 heterocycles. The molecule has 0 aliphatic carbocycles. The molecule has 0 saturated heterocycles. The largest absolute Gasteiger partial charge is 0.335 e. The molecule has 25 heavy (non-hydrogen) atoms. The van der Waals surface area contributed by atoms with Crippen LogP contribution in [0.3, 0.4) is 0 Å². The van der Waals surface area contributed by atoms with E-state index in [0.29, 0.717) is 18.7 Å². The maximum Gasteiger partial charge on any atom is 0.330 e. The predicted molar refractivity (Wildman–Crippen MR) is 98.1 cm³/mol. The van der Waals surface area contributed by atoms with Crippen LogP contribution in [0.5, 0.6) is 0 Å². The molecule has 1 aromatic carbocycles. The number of carbonyl (C=O) groups is 1. The van der Waals surface area contributed by atoms with E-state index < -0.39 is 11.2 Å². The van der Waals surface area contributed by atoms with Crippen LogP contribution in [0.1, 0.15) is 24.5 Å². The highest BCUT2D eigenvalue weighted by atomic mass is 16.2. The number of amides is 1. The normalized spacial score (nSPS) is 11.0. The highest BCUT2D eigenvalue weighted by molar-refractivity contribution is 5.91. The molecule has 0 bridgehead atoms. The average molecular weight is 341 g/mol. The molecule has 0 aliphatic heterocycles. The number of rotatable bonds is 6. The standard InChI is InChI=1S/C19H23N3O3/c1-4-12-22(13-15-8-6-5-7-9-15)17(23)11-10-16-14-20(2)19(25)21(3)18(16)24/h5-11,14H,4,12-13H2,1-3H3. The van der Waals surface area contributed by atoms with Crippen LogP contribution in [0.2, 0.25) is 0 Å². The summed E-state index contributed by atoms with van der Waals surface area (Å²) in [7, 11) is 2.99. The van der Waals surface area contributed by atoms with Crippen molar-refractivity contribution in [3.63, 3.8) is 0 Å². The highest BCUT2D eigenvalue weighted by Crippen LogP contribution is 2.07. The van der Waals surface area contributed by atoms with Gasteiger partial charge in [-0.1, -0.05) is 37.3 Å². The summed E-state index contributed by atoms with van der Waals surface area (Å²) in [6, 6.07) is 9.76. The van der Waals surface area contributed by atoms with Gasteiger partial charge in [0.05, 0.1) is 5.56 Å². The van der Waals surface area contributed by atoms with Crippen molar-refractivity contribution < 1.29 is 4.79 Å². The Morgan fingerprint density at radius 3 is 2.48 bits per heavy atom. The van der Waals surface area contributed by atoms with E-state index in [0.717, 1.165) is 16.6 Å². The molecule has 0 spiro atoms. The summed E-state index contributed by atoms with van der Waals surface area (Å²) in [4.78, 5) is 38.1. The lowest BCUT2D eigenvalue weighted by molar-refractivity contribution is -0.126. The van der Waals surface area contributed by atoms with Gasteiger partial charge in [0.25, 0.3) is 5.56 Å². The van der Waals surface area contributed by atoms with Crippen molar-refractivity contribution in [2.75, 3.05) is 6.54 Å². The second-order valence-electron chi connectivity index (χ2n) is 5.92. The molecule has 0 aliphatic rings. The first-order chi connectivity index (χ1) is 11.9. The number of hydrogen-bond acceptors (Lipinski definition) is 3. The molecule has 6 nitrogen and oxygen atoms in total. The fraction of sp³-hybridized carbons (Fsp3) is 0.316. The minimum atomic E-state index is -0.419. The van der Waals surface area contributed by atoms with Crippen LogP contribution < -0.4 is 11.2 Å². The topological polar surface area (TPSA) is 64.3 Å². The predicted octanol–water partition coefficient (Wildman–Crippen LogP) is 1.54. The second kappa shape index (κ2) is 8.28. The van der Waals surface area contributed by atoms with Crippen molar-refractivity contribution in [2.24, 2.45) is 14.1 Å². The van der Waals surface area contributed by atoms with Gasteiger partial charge >= 0.3 is 5.69 Å². The summed E-state index contributed by atoms with van der Waals surface area (Å²) < 4.78 is 2.34. The van der Waals surface area contributed by atoms with Crippen LogP contribution in [0.15, 0.2) is 52.2 Å². The van der Waals surface area contributed by atoms with Gasteiger partial charge < -0.3 is 9.47 Å². The van der Waals surface area contributed by atoms with Crippen molar-refractivity contribution in [1.82, 2.24) is 14.0 Å². The summed E-state index contributed by atoms with van der Waals surface area (Å²) in [6.07, 6.45) is 5.14. The summed E-state index contributed by atoms with van der Waals surface area (Å²) in [6.45, 7) is 3.16. The molecular weight excluding hydrogens is 318 g/mol. The van der Waals surface area contributed by atoms with Crippen molar-refractivity contribution in [2.45, 2.75) is 19.9 Å². The van der Waals surface area contributed by atoms with E-state index >= 15 is 0 Å². The second-order valence-corrected chi connectivity index (χ2v) is 5.92. The Kier molecular flexibility index (Phi) is 6.11. The summed E-state index contributed by atoms with van der Waals surface area (Å²) >= 11 is 0. The van der Waals surface area contributed by atoms with Crippen LogP contribution in [0.4, 0.5) is 0 Å². The SMILES string of the molecule is CCCN(Cc1ccccc1)C(=O)C=Cc1cn(C)c(=O)n(C)c1=O. The van der Waals surface area contributed by atoms with Gasteiger partial charge in [-0.2, -0.15) is 0 Å². The summed E-state index contributed by atoms with van der Waals surface area (Å²) in [5, 5.41) is 0. The Hall–Kier alpha value is -2.89. The minimum absolute atomic E-state index is 0.165. The van der Waals surface area contributed by atoms with Gasteiger partial charge in [0.1, 0.15) is 0 Å². The molecule has 0 N–H and O–H groups in total. The lowest BCUT2D eigenvalue weighted by Crippen LogP contribution is -2.37. The van der Waals surface area contributed by atoms with Crippen LogP contribution in [-0.4, -0.2) is 26.5 Å². The first-order valence-electron chi connectivity index (χ1n) is 8.21.